The lowest BCUT2D eigenvalue weighted by atomic mass is 9.82. The number of aliphatic carboxylic acids is 1. The number of nitrogens with zero attached hydrogens (tertiary/aromatic N) is 1. The van der Waals surface area contributed by atoms with Gasteiger partial charge in [-0.1, -0.05) is 26.2 Å². The normalized spacial score (nSPS) is 14.2. The standard InChI is InChI=1S/C30H38N2O6.C2H5Cl/c1-20-25-19-24(37-18-17-36-3)13-14-26(25)38-29(20)28(21-7-5-4-6-8-21)31-23-11-9-22(10-12-23)30(35)32(2)16-15-27(33)34;1-2-3/h9-14,19,21,28,31H,4-8,15-18H2,1-3H3,(H,33,34);2H2,1H3. The molecule has 9 heteroatoms. The van der Waals surface area contributed by atoms with Crippen molar-refractivity contribution in [3.8, 4) is 5.75 Å². The average Bonchev–Trinajstić information content (AvgIpc) is 3.30. The van der Waals surface area contributed by atoms with E-state index in [9.17, 15) is 9.59 Å². The number of ether oxygens (including phenoxy) is 2. The van der Waals surface area contributed by atoms with Gasteiger partial charge in [-0.2, -0.15) is 0 Å². The summed E-state index contributed by atoms with van der Waals surface area (Å²) in [5, 5.41) is 13.7. The zero-order chi connectivity index (χ0) is 29.8. The van der Waals surface area contributed by atoms with E-state index in [1.165, 1.54) is 24.2 Å². The number of hydrogen-bond acceptors (Lipinski definition) is 6. The van der Waals surface area contributed by atoms with Gasteiger partial charge >= 0.3 is 5.97 Å². The van der Waals surface area contributed by atoms with Crippen molar-refractivity contribution < 1.29 is 28.6 Å². The third kappa shape index (κ3) is 9.13. The number of fused-ring (bicyclic) bond motifs is 1. The van der Waals surface area contributed by atoms with E-state index in [4.69, 9.17) is 30.6 Å². The van der Waals surface area contributed by atoms with Crippen LogP contribution in [0.1, 0.15) is 73.2 Å². The van der Waals surface area contributed by atoms with Crippen LogP contribution in [0.15, 0.2) is 46.9 Å². The molecule has 0 bridgehead atoms. The highest BCUT2D eigenvalue weighted by atomic mass is 35.5. The topological polar surface area (TPSA) is 101 Å². The lowest BCUT2D eigenvalue weighted by Crippen LogP contribution is -2.29. The van der Waals surface area contributed by atoms with E-state index in [0.29, 0.717) is 24.7 Å². The van der Waals surface area contributed by atoms with Gasteiger partial charge in [0.25, 0.3) is 5.91 Å². The third-order valence-corrected chi connectivity index (χ3v) is 7.37. The first kappa shape index (κ1) is 32.3. The van der Waals surface area contributed by atoms with Gasteiger partial charge < -0.3 is 29.2 Å². The number of benzene rings is 2. The molecule has 0 saturated heterocycles. The van der Waals surface area contributed by atoms with Crippen molar-refractivity contribution >= 4 is 40.1 Å². The molecule has 1 aliphatic rings. The van der Waals surface area contributed by atoms with Crippen LogP contribution < -0.4 is 10.1 Å². The molecule has 224 valence electrons. The number of methoxy groups -OCH3 is 1. The van der Waals surface area contributed by atoms with Crippen molar-refractivity contribution in [2.75, 3.05) is 45.1 Å². The number of carboxylic acids is 1. The number of amides is 1. The van der Waals surface area contributed by atoms with Crippen molar-refractivity contribution in [1.29, 1.82) is 0 Å². The van der Waals surface area contributed by atoms with Gasteiger partial charge in [0.1, 0.15) is 23.7 Å². The Hall–Kier alpha value is -3.23. The highest BCUT2D eigenvalue weighted by Crippen LogP contribution is 2.41. The molecule has 3 aromatic rings. The van der Waals surface area contributed by atoms with Gasteiger partial charge in [0, 0.05) is 48.8 Å². The second kappa shape index (κ2) is 16.3. The van der Waals surface area contributed by atoms with E-state index in [1.54, 1.807) is 26.3 Å². The number of carboxylic acid groups (broad SMARTS) is 1. The highest BCUT2D eigenvalue weighted by Gasteiger charge is 2.30. The fourth-order valence-corrected chi connectivity index (χ4v) is 5.19. The second-order valence-corrected chi connectivity index (χ2v) is 10.9. The van der Waals surface area contributed by atoms with Crippen molar-refractivity contribution in [1.82, 2.24) is 4.90 Å². The highest BCUT2D eigenvalue weighted by molar-refractivity contribution is 6.17. The summed E-state index contributed by atoms with van der Waals surface area (Å²) in [5.74, 6) is 1.77. The molecular weight excluding hydrogens is 544 g/mol. The summed E-state index contributed by atoms with van der Waals surface area (Å²) in [6, 6.07) is 13.3. The molecule has 1 fully saturated rings. The summed E-state index contributed by atoms with van der Waals surface area (Å²) in [6.45, 7) is 5.19. The summed E-state index contributed by atoms with van der Waals surface area (Å²) in [7, 11) is 3.28. The molecule has 0 radical (unpaired) electrons. The Morgan fingerprint density at radius 2 is 1.80 bits per heavy atom. The fourth-order valence-electron chi connectivity index (χ4n) is 5.19. The number of rotatable bonds is 12. The summed E-state index contributed by atoms with van der Waals surface area (Å²) in [6.07, 6.45) is 5.85. The van der Waals surface area contributed by atoms with Crippen molar-refractivity contribution in [2.24, 2.45) is 5.92 Å². The zero-order valence-corrected chi connectivity index (χ0v) is 25.3. The average molecular weight is 587 g/mol. The molecule has 1 heterocycles. The largest absolute Gasteiger partial charge is 0.491 e. The Labute approximate surface area is 247 Å². The van der Waals surface area contributed by atoms with Gasteiger partial charge in [-0.05, 0) is 68.1 Å². The SMILES string of the molecule is CCCl.COCCOc1ccc2oc(C(Nc3ccc(C(=O)N(C)CCC(=O)O)cc3)C3CCCCC3)c(C)c2c1. The van der Waals surface area contributed by atoms with Gasteiger partial charge in [0.2, 0.25) is 0 Å². The van der Waals surface area contributed by atoms with Gasteiger partial charge in [0.05, 0.1) is 19.1 Å². The predicted octanol–water partition coefficient (Wildman–Crippen LogP) is 7.29. The van der Waals surface area contributed by atoms with Crippen molar-refractivity contribution in [3.05, 3.63) is 59.4 Å². The molecule has 1 atom stereocenters. The zero-order valence-electron chi connectivity index (χ0n) is 24.6. The van der Waals surface area contributed by atoms with Crippen LogP contribution >= 0.6 is 11.6 Å². The summed E-state index contributed by atoms with van der Waals surface area (Å²) < 4.78 is 17.4. The monoisotopic (exact) mass is 586 g/mol. The first-order valence-corrected chi connectivity index (χ1v) is 14.9. The van der Waals surface area contributed by atoms with E-state index in [1.807, 2.05) is 37.3 Å². The molecular formula is C32H43ClN2O6. The van der Waals surface area contributed by atoms with Gasteiger partial charge in [-0.15, -0.1) is 11.6 Å². The number of nitrogens with one attached hydrogen (secondary N) is 1. The van der Waals surface area contributed by atoms with E-state index >= 15 is 0 Å². The van der Waals surface area contributed by atoms with Crippen LogP contribution in [0.2, 0.25) is 0 Å². The van der Waals surface area contributed by atoms with Gasteiger partial charge in [-0.25, -0.2) is 0 Å². The minimum Gasteiger partial charge on any atom is -0.491 e. The quantitative estimate of drug-likeness (QED) is 0.170. The molecule has 4 rings (SSSR count). The first-order chi connectivity index (χ1) is 19.8. The van der Waals surface area contributed by atoms with Crippen LogP contribution in [0.3, 0.4) is 0 Å². The van der Waals surface area contributed by atoms with Gasteiger partial charge in [0.15, 0.2) is 0 Å². The van der Waals surface area contributed by atoms with Crippen LogP contribution in [0, 0.1) is 12.8 Å². The van der Waals surface area contributed by atoms with Crippen LogP contribution in [0.25, 0.3) is 11.0 Å². The maximum absolute atomic E-state index is 12.7. The number of anilines is 1. The second-order valence-electron chi connectivity index (χ2n) is 10.3. The Kier molecular flexibility index (Phi) is 12.8. The van der Waals surface area contributed by atoms with E-state index in [0.717, 1.165) is 52.5 Å². The Morgan fingerprint density at radius 3 is 2.44 bits per heavy atom. The summed E-state index contributed by atoms with van der Waals surface area (Å²) >= 11 is 5.00. The molecule has 2 aromatic carbocycles. The molecule has 0 aliphatic heterocycles. The van der Waals surface area contributed by atoms with Gasteiger partial charge in [-0.3, -0.25) is 9.59 Å². The number of carbonyl (C=O) groups is 2. The number of aryl methyl sites for hydroxylation is 1. The molecule has 1 aromatic heterocycles. The first-order valence-electron chi connectivity index (χ1n) is 14.3. The number of furan rings is 1. The van der Waals surface area contributed by atoms with E-state index < -0.39 is 5.97 Å². The smallest absolute Gasteiger partial charge is 0.305 e. The molecule has 8 nitrogen and oxygen atoms in total. The predicted molar refractivity (Wildman–Crippen MR) is 163 cm³/mol. The number of alkyl halides is 1. The Morgan fingerprint density at radius 1 is 1.12 bits per heavy atom. The molecule has 0 spiro atoms. The molecule has 2 N–H and O–H groups in total. The molecule has 41 heavy (non-hydrogen) atoms. The third-order valence-electron chi connectivity index (χ3n) is 7.37. The maximum Gasteiger partial charge on any atom is 0.305 e. The lowest BCUT2D eigenvalue weighted by Gasteiger charge is -2.31. The number of halogens is 1. The van der Waals surface area contributed by atoms with Crippen molar-refractivity contribution in [2.45, 2.75) is 58.4 Å². The van der Waals surface area contributed by atoms with E-state index in [2.05, 4.69) is 12.2 Å². The summed E-state index contributed by atoms with van der Waals surface area (Å²) in [5.41, 5.74) is 3.38. The van der Waals surface area contributed by atoms with Crippen LogP contribution in [0.5, 0.6) is 5.75 Å². The fraction of sp³-hybridized carbons (Fsp3) is 0.500. The molecule has 1 amide bonds. The van der Waals surface area contributed by atoms with Crippen LogP contribution in [-0.2, 0) is 9.53 Å². The minimum absolute atomic E-state index is 0.000325. The molecule has 1 unspecified atom stereocenters. The molecule has 1 saturated carbocycles. The summed E-state index contributed by atoms with van der Waals surface area (Å²) in [4.78, 5) is 25.0. The number of carbonyl (C=O) groups excluding carboxylic acids is 1. The number of hydrogen-bond donors (Lipinski definition) is 2. The van der Waals surface area contributed by atoms with Crippen molar-refractivity contribution in [3.63, 3.8) is 0 Å². The maximum atomic E-state index is 12.7. The van der Waals surface area contributed by atoms with E-state index in [-0.39, 0.29) is 24.9 Å². The minimum atomic E-state index is -0.923. The molecule has 1 aliphatic carbocycles. The van der Waals surface area contributed by atoms with Crippen LogP contribution in [-0.4, -0.2) is 61.7 Å². The lowest BCUT2D eigenvalue weighted by molar-refractivity contribution is -0.137. The Balaban J connectivity index is 0.00000147. The van der Waals surface area contributed by atoms with Crippen LogP contribution in [0.4, 0.5) is 5.69 Å². The Bertz CT molecular complexity index is 1250.